The molecule has 3 heteroatoms. The molecule has 0 rings (SSSR count). The maximum absolute atomic E-state index is 5.43. The number of nitrogens with zero attached hydrogens (tertiary/aromatic N) is 1. The van der Waals surface area contributed by atoms with Gasteiger partial charge in [-0.3, -0.25) is 0 Å². The Labute approximate surface area is 147 Å². The Bertz CT molecular complexity index is 248. The second kappa shape index (κ2) is 14.5. The van der Waals surface area contributed by atoms with Crippen LogP contribution in [0.3, 0.4) is 0 Å². The topological polar surface area (TPSA) is 0 Å². The van der Waals surface area contributed by atoms with Crippen LogP contribution in [-0.2, 0) is 0 Å². The summed E-state index contributed by atoms with van der Waals surface area (Å²) in [5, 5.41) is 0. The van der Waals surface area contributed by atoms with Crippen LogP contribution in [0.1, 0.15) is 71.1 Å². The molecule has 0 bridgehead atoms. The van der Waals surface area contributed by atoms with Crippen LogP contribution >= 0.6 is 22.6 Å². The first kappa shape index (κ1) is 22.8. The number of hydrogen-bond donors (Lipinski definition) is 0. The molecule has 0 radical (unpaired) electrons. The summed E-state index contributed by atoms with van der Waals surface area (Å²) in [6, 6.07) is 0. The molecule has 20 heavy (non-hydrogen) atoms. The van der Waals surface area contributed by atoms with Crippen LogP contribution in [0.2, 0.25) is 0 Å². The van der Waals surface area contributed by atoms with E-state index in [2.05, 4.69) is 49.5 Å². The molecule has 0 amide bonds. The van der Waals surface area contributed by atoms with Gasteiger partial charge in [0.15, 0.2) is 0 Å². The van der Waals surface area contributed by atoms with Gasteiger partial charge >= 0.3 is 0 Å². The fourth-order valence-electron chi connectivity index (χ4n) is 2.31. The zero-order chi connectivity index (χ0) is 14.6. The molecule has 0 aromatic rings. The third kappa shape index (κ3) is 12.3. The van der Waals surface area contributed by atoms with Gasteiger partial charge in [0.25, 0.3) is 0 Å². The first-order valence-corrected chi connectivity index (χ1v) is 9.19. The summed E-state index contributed by atoms with van der Waals surface area (Å²) in [6.45, 7) is 3.12. The van der Waals surface area contributed by atoms with Crippen molar-refractivity contribution in [1.82, 2.24) is 0 Å². The molecule has 0 aliphatic rings. The van der Waals surface area contributed by atoms with Crippen LogP contribution in [0.25, 0.3) is 0 Å². The van der Waals surface area contributed by atoms with Gasteiger partial charge in [-0.1, -0.05) is 58.3 Å². The normalized spacial score (nSPS) is 12.6. The third-order valence-corrected chi connectivity index (χ3v) is 5.93. The van der Waals surface area contributed by atoms with Crippen LogP contribution in [0.4, 0.5) is 0 Å². The summed E-state index contributed by atoms with van der Waals surface area (Å²) >= 11 is 2.57. The fourth-order valence-corrected chi connectivity index (χ4v) is 2.94. The standard InChI is InChI=1S/C17H33IN.ClH/c1-5-7-8-9-10-11-12-13-14-15-17(18)19(3,4)16-6-2;/h2,17H,5,7-16H2,1,3-4H3;1H/q+1;/p-1. The summed E-state index contributed by atoms with van der Waals surface area (Å²) in [5.74, 6) is 2.79. The van der Waals surface area contributed by atoms with E-state index in [-0.39, 0.29) is 12.4 Å². The van der Waals surface area contributed by atoms with Gasteiger partial charge in [0.05, 0.1) is 14.1 Å². The Morgan fingerprint density at radius 3 is 1.85 bits per heavy atom. The Morgan fingerprint density at radius 2 is 1.40 bits per heavy atom. The number of halogens is 2. The van der Waals surface area contributed by atoms with E-state index in [1.807, 2.05) is 0 Å². The van der Waals surface area contributed by atoms with Gasteiger partial charge in [-0.25, -0.2) is 0 Å². The Hall–Kier alpha value is 0.540. The summed E-state index contributed by atoms with van der Waals surface area (Å²) in [7, 11) is 4.48. The average molecular weight is 414 g/mol. The molecule has 1 nitrogen and oxygen atoms in total. The van der Waals surface area contributed by atoms with E-state index in [1.165, 1.54) is 64.2 Å². The van der Waals surface area contributed by atoms with Crippen molar-refractivity contribution in [3.63, 3.8) is 0 Å². The van der Waals surface area contributed by atoms with Crippen LogP contribution in [-0.4, -0.2) is 29.2 Å². The van der Waals surface area contributed by atoms with Gasteiger partial charge in [-0.05, 0) is 34.9 Å². The number of unbranched alkanes of at least 4 members (excludes halogenated alkanes) is 8. The highest BCUT2D eigenvalue weighted by Crippen LogP contribution is 2.21. The molecule has 1 atom stereocenters. The molecule has 1 unspecified atom stereocenters. The largest absolute Gasteiger partial charge is 1.00 e. The maximum Gasteiger partial charge on any atom is 0.141 e. The Morgan fingerprint density at radius 1 is 0.950 bits per heavy atom. The lowest BCUT2D eigenvalue weighted by Crippen LogP contribution is -3.00. The Balaban J connectivity index is 0. The predicted molar refractivity (Wildman–Crippen MR) is 95.5 cm³/mol. The highest BCUT2D eigenvalue weighted by molar-refractivity contribution is 14.1. The molecule has 0 aromatic heterocycles. The molecule has 0 heterocycles. The molecule has 0 saturated carbocycles. The van der Waals surface area contributed by atoms with Crippen molar-refractivity contribution in [2.75, 3.05) is 20.6 Å². The van der Waals surface area contributed by atoms with E-state index < -0.39 is 0 Å². The summed E-state index contributed by atoms with van der Waals surface area (Å²) in [6.07, 6.45) is 19.4. The van der Waals surface area contributed by atoms with Crippen LogP contribution in [0.5, 0.6) is 0 Å². The van der Waals surface area contributed by atoms with Crippen molar-refractivity contribution in [2.24, 2.45) is 0 Å². The number of hydrogen-bond acceptors (Lipinski definition) is 0. The van der Waals surface area contributed by atoms with E-state index in [0.29, 0.717) is 4.05 Å². The second-order valence-corrected chi connectivity index (χ2v) is 7.63. The molecule has 0 spiro atoms. The van der Waals surface area contributed by atoms with Crippen molar-refractivity contribution >= 4 is 22.6 Å². The first-order chi connectivity index (χ1) is 9.04. The van der Waals surface area contributed by atoms with Crippen molar-refractivity contribution in [3.05, 3.63) is 0 Å². The summed E-state index contributed by atoms with van der Waals surface area (Å²) in [5.41, 5.74) is 0. The molecule has 0 aliphatic heterocycles. The van der Waals surface area contributed by atoms with Crippen molar-refractivity contribution in [3.8, 4) is 12.3 Å². The lowest BCUT2D eigenvalue weighted by atomic mass is 10.1. The van der Waals surface area contributed by atoms with E-state index >= 15 is 0 Å². The number of terminal acetylenes is 1. The molecule has 120 valence electrons. The van der Waals surface area contributed by atoms with E-state index in [9.17, 15) is 0 Å². The highest BCUT2D eigenvalue weighted by Gasteiger charge is 2.23. The summed E-state index contributed by atoms with van der Waals surface area (Å²) < 4.78 is 1.60. The number of alkyl halides is 1. The molecule has 0 saturated heterocycles. The van der Waals surface area contributed by atoms with Crippen molar-refractivity contribution < 1.29 is 16.9 Å². The predicted octanol–water partition coefficient (Wildman–Crippen LogP) is 2.38. The van der Waals surface area contributed by atoms with E-state index in [4.69, 9.17) is 6.42 Å². The molecule has 0 aromatic carbocycles. The van der Waals surface area contributed by atoms with Gasteiger partial charge in [0.2, 0.25) is 0 Å². The smallest absolute Gasteiger partial charge is 0.141 e. The lowest BCUT2D eigenvalue weighted by molar-refractivity contribution is -0.889. The molecule has 0 N–H and O–H groups in total. The van der Waals surface area contributed by atoms with Gasteiger partial charge in [-0.2, -0.15) is 0 Å². The molecule has 0 aliphatic carbocycles. The van der Waals surface area contributed by atoms with Gasteiger partial charge in [0, 0.05) is 6.42 Å². The maximum atomic E-state index is 5.43. The van der Waals surface area contributed by atoms with Crippen LogP contribution in [0.15, 0.2) is 0 Å². The van der Waals surface area contributed by atoms with Crippen molar-refractivity contribution in [2.45, 2.75) is 75.2 Å². The zero-order valence-electron chi connectivity index (χ0n) is 13.6. The molecular formula is C17H33ClIN. The van der Waals surface area contributed by atoms with Crippen LogP contribution in [0, 0.1) is 12.3 Å². The monoisotopic (exact) mass is 413 g/mol. The fraction of sp³-hybridized carbons (Fsp3) is 0.882. The van der Waals surface area contributed by atoms with E-state index in [0.717, 1.165) is 11.0 Å². The number of quaternary nitrogens is 1. The molecular weight excluding hydrogens is 381 g/mol. The third-order valence-electron chi connectivity index (χ3n) is 3.80. The minimum Gasteiger partial charge on any atom is -1.00 e. The average Bonchev–Trinajstić information content (AvgIpc) is 2.36. The zero-order valence-corrected chi connectivity index (χ0v) is 16.5. The van der Waals surface area contributed by atoms with Crippen LogP contribution < -0.4 is 12.4 Å². The van der Waals surface area contributed by atoms with Gasteiger partial charge in [0.1, 0.15) is 10.6 Å². The SMILES string of the molecule is C#CC[N+](C)(C)C(I)CCCCCCCCCCC.[Cl-]. The Kier molecular flexibility index (Phi) is 16.5. The lowest BCUT2D eigenvalue weighted by Gasteiger charge is -2.33. The van der Waals surface area contributed by atoms with Gasteiger partial charge < -0.3 is 16.9 Å². The number of rotatable bonds is 12. The summed E-state index contributed by atoms with van der Waals surface area (Å²) in [4.78, 5) is 0. The van der Waals surface area contributed by atoms with Crippen molar-refractivity contribution in [1.29, 1.82) is 0 Å². The first-order valence-electron chi connectivity index (χ1n) is 7.94. The van der Waals surface area contributed by atoms with Gasteiger partial charge in [-0.15, -0.1) is 6.42 Å². The molecule has 0 fully saturated rings. The second-order valence-electron chi connectivity index (χ2n) is 6.19. The minimum atomic E-state index is 0. The minimum absolute atomic E-state index is 0. The highest BCUT2D eigenvalue weighted by atomic mass is 127. The quantitative estimate of drug-likeness (QED) is 0.115. The van der Waals surface area contributed by atoms with E-state index in [1.54, 1.807) is 0 Å².